The highest BCUT2D eigenvalue weighted by Gasteiger charge is 2.03. The van der Waals surface area contributed by atoms with E-state index < -0.39 is 0 Å². The Morgan fingerprint density at radius 2 is 2.08 bits per heavy atom. The first-order chi connectivity index (χ1) is 6.26. The van der Waals surface area contributed by atoms with Crippen molar-refractivity contribution < 1.29 is 4.74 Å². The molecule has 0 bridgehead atoms. The number of rotatable bonds is 4. The minimum atomic E-state index is 0.156. The van der Waals surface area contributed by atoms with E-state index in [4.69, 9.17) is 10.5 Å². The molecule has 4 heteroatoms. The summed E-state index contributed by atoms with van der Waals surface area (Å²) in [6, 6.07) is 0. The van der Waals surface area contributed by atoms with E-state index in [9.17, 15) is 0 Å². The monoisotopic (exact) mass is 181 g/mol. The lowest BCUT2D eigenvalue weighted by Crippen LogP contribution is -2.11. The summed E-state index contributed by atoms with van der Waals surface area (Å²) in [5, 5.41) is 0. The number of hydrogen-bond donors (Lipinski definition) is 1. The summed E-state index contributed by atoms with van der Waals surface area (Å²) in [6.45, 7) is 2.47. The van der Waals surface area contributed by atoms with Crippen molar-refractivity contribution >= 4 is 0 Å². The zero-order valence-corrected chi connectivity index (χ0v) is 8.03. The maximum Gasteiger partial charge on any atom is 0.130 e. The topological polar surface area (TPSA) is 61.0 Å². The molecule has 0 radical (unpaired) electrons. The van der Waals surface area contributed by atoms with Gasteiger partial charge in [-0.2, -0.15) is 0 Å². The van der Waals surface area contributed by atoms with Crippen molar-refractivity contribution in [3.05, 3.63) is 23.8 Å². The van der Waals surface area contributed by atoms with Gasteiger partial charge in [-0.15, -0.1) is 0 Å². The zero-order chi connectivity index (χ0) is 9.68. The van der Waals surface area contributed by atoms with Gasteiger partial charge in [0.1, 0.15) is 5.82 Å². The molecular formula is C9H15N3O. The molecule has 4 nitrogen and oxygen atoms in total. The average molecular weight is 181 g/mol. The zero-order valence-electron chi connectivity index (χ0n) is 8.03. The van der Waals surface area contributed by atoms with Gasteiger partial charge in [0.25, 0.3) is 0 Å². The predicted molar refractivity (Wildman–Crippen MR) is 50.1 cm³/mol. The lowest BCUT2D eigenvalue weighted by molar-refractivity contribution is 0.117. The second kappa shape index (κ2) is 4.89. The fourth-order valence-electron chi connectivity index (χ4n) is 0.933. The van der Waals surface area contributed by atoms with Crippen LogP contribution in [0.1, 0.15) is 18.3 Å². The van der Waals surface area contributed by atoms with Gasteiger partial charge in [0.2, 0.25) is 0 Å². The molecule has 13 heavy (non-hydrogen) atoms. The van der Waals surface area contributed by atoms with Crippen LogP contribution in [0.5, 0.6) is 0 Å². The van der Waals surface area contributed by atoms with E-state index in [1.54, 1.807) is 19.5 Å². The highest BCUT2D eigenvalue weighted by Crippen LogP contribution is 2.00. The molecule has 0 spiro atoms. The van der Waals surface area contributed by atoms with Crippen molar-refractivity contribution in [1.29, 1.82) is 0 Å². The van der Waals surface area contributed by atoms with Crippen molar-refractivity contribution in [3.63, 3.8) is 0 Å². The van der Waals surface area contributed by atoms with E-state index in [1.165, 1.54) is 0 Å². The molecule has 0 amide bonds. The molecule has 0 aliphatic rings. The molecular weight excluding hydrogens is 166 g/mol. The van der Waals surface area contributed by atoms with Crippen LogP contribution in [-0.4, -0.2) is 23.2 Å². The van der Waals surface area contributed by atoms with E-state index in [2.05, 4.69) is 9.97 Å². The highest BCUT2D eigenvalue weighted by molar-refractivity contribution is 5.04. The summed E-state index contributed by atoms with van der Waals surface area (Å²) in [7, 11) is 1.68. The fraction of sp³-hybridized carbons (Fsp3) is 0.556. The largest absolute Gasteiger partial charge is 0.381 e. The second-order valence-electron chi connectivity index (χ2n) is 2.96. The molecule has 0 saturated carbocycles. The minimum absolute atomic E-state index is 0.156. The van der Waals surface area contributed by atoms with E-state index in [-0.39, 0.29) is 6.10 Å². The van der Waals surface area contributed by atoms with Gasteiger partial charge in [-0.05, 0) is 6.92 Å². The number of methoxy groups -OCH3 is 1. The van der Waals surface area contributed by atoms with Crippen LogP contribution in [0.4, 0.5) is 0 Å². The summed E-state index contributed by atoms with van der Waals surface area (Å²) in [4.78, 5) is 8.33. The first kappa shape index (κ1) is 10.1. The van der Waals surface area contributed by atoms with Crippen molar-refractivity contribution in [1.82, 2.24) is 9.97 Å². The maximum atomic E-state index is 5.42. The van der Waals surface area contributed by atoms with Gasteiger partial charge in [0.05, 0.1) is 6.10 Å². The van der Waals surface area contributed by atoms with Crippen molar-refractivity contribution in [3.8, 4) is 0 Å². The lowest BCUT2D eigenvalue weighted by atomic mass is 10.2. The lowest BCUT2D eigenvalue weighted by Gasteiger charge is -2.07. The summed E-state index contributed by atoms with van der Waals surface area (Å²) in [5.41, 5.74) is 6.38. The van der Waals surface area contributed by atoms with Crippen LogP contribution in [0, 0.1) is 0 Å². The Bertz CT molecular complexity index is 248. The summed E-state index contributed by atoms with van der Waals surface area (Å²) < 4.78 is 5.11. The van der Waals surface area contributed by atoms with E-state index in [1.807, 2.05) is 6.92 Å². The van der Waals surface area contributed by atoms with Crippen LogP contribution in [0.15, 0.2) is 12.4 Å². The van der Waals surface area contributed by atoms with Crippen LogP contribution in [0.3, 0.4) is 0 Å². The van der Waals surface area contributed by atoms with Gasteiger partial charge in [0.15, 0.2) is 0 Å². The third-order valence-electron chi connectivity index (χ3n) is 1.87. The average Bonchev–Trinajstić information content (AvgIpc) is 2.19. The summed E-state index contributed by atoms with van der Waals surface area (Å²) >= 11 is 0. The molecule has 1 aromatic heterocycles. The van der Waals surface area contributed by atoms with Crippen molar-refractivity contribution in [2.45, 2.75) is 26.0 Å². The van der Waals surface area contributed by atoms with Crippen LogP contribution in [0.2, 0.25) is 0 Å². The predicted octanol–water partition coefficient (Wildman–Crippen LogP) is 0.513. The van der Waals surface area contributed by atoms with Crippen LogP contribution in [-0.2, 0) is 17.7 Å². The molecule has 0 saturated heterocycles. The standard InChI is InChI=1S/C9H15N3O/c1-7(13-2)3-9-11-5-8(4-10)6-12-9/h5-7H,3-4,10H2,1-2H3. The number of nitrogens with zero attached hydrogens (tertiary/aromatic N) is 2. The van der Waals surface area contributed by atoms with Gasteiger partial charge in [-0.1, -0.05) is 0 Å². The smallest absolute Gasteiger partial charge is 0.130 e. The van der Waals surface area contributed by atoms with Crippen LogP contribution >= 0.6 is 0 Å². The Labute approximate surface area is 78.1 Å². The molecule has 0 fully saturated rings. The van der Waals surface area contributed by atoms with E-state index in [0.29, 0.717) is 6.54 Å². The summed E-state index contributed by atoms with van der Waals surface area (Å²) in [5.74, 6) is 0.798. The van der Waals surface area contributed by atoms with Crippen molar-refractivity contribution in [2.75, 3.05) is 7.11 Å². The van der Waals surface area contributed by atoms with Gasteiger partial charge in [0, 0.05) is 38.0 Å². The first-order valence-corrected chi connectivity index (χ1v) is 4.29. The number of ether oxygens (including phenoxy) is 1. The van der Waals surface area contributed by atoms with Gasteiger partial charge < -0.3 is 10.5 Å². The molecule has 1 unspecified atom stereocenters. The third kappa shape index (κ3) is 3.08. The second-order valence-corrected chi connectivity index (χ2v) is 2.96. The van der Waals surface area contributed by atoms with Crippen LogP contribution < -0.4 is 5.73 Å². The Hall–Kier alpha value is -1.00. The SMILES string of the molecule is COC(C)Cc1ncc(CN)cn1. The maximum absolute atomic E-state index is 5.42. The third-order valence-corrected chi connectivity index (χ3v) is 1.87. The number of aromatic nitrogens is 2. The minimum Gasteiger partial charge on any atom is -0.381 e. The Balaban J connectivity index is 2.58. The molecule has 1 rings (SSSR count). The molecule has 0 aliphatic heterocycles. The Kier molecular flexibility index (Phi) is 3.79. The Morgan fingerprint density at radius 1 is 1.46 bits per heavy atom. The first-order valence-electron chi connectivity index (χ1n) is 4.29. The molecule has 1 aromatic rings. The molecule has 1 heterocycles. The fourth-order valence-corrected chi connectivity index (χ4v) is 0.933. The van der Waals surface area contributed by atoms with E-state index in [0.717, 1.165) is 17.8 Å². The molecule has 2 N–H and O–H groups in total. The van der Waals surface area contributed by atoms with Gasteiger partial charge in [-0.25, -0.2) is 9.97 Å². The normalized spacial score (nSPS) is 12.8. The number of hydrogen-bond acceptors (Lipinski definition) is 4. The molecule has 72 valence electrons. The van der Waals surface area contributed by atoms with Crippen molar-refractivity contribution in [2.24, 2.45) is 5.73 Å². The van der Waals surface area contributed by atoms with Gasteiger partial charge in [-0.3, -0.25) is 0 Å². The molecule has 0 aliphatic carbocycles. The van der Waals surface area contributed by atoms with Gasteiger partial charge >= 0.3 is 0 Å². The van der Waals surface area contributed by atoms with E-state index >= 15 is 0 Å². The highest BCUT2D eigenvalue weighted by atomic mass is 16.5. The Morgan fingerprint density at radius 3 is 2.54 bits per heavy atom. The summed E-state index contributed by atoms with van der Waals surface area (Å²) in [6.07, 6.45) is 4.40. The van der Waals surface area contributed by atoms with Crippen LogP contribution in [0.25, 0.3) is 0 Å². The quantitative estimate of drug-likeness (QED) is 0.735. The molecule has 0 aromatic carbocycles. The molecule has 1 atom stereocenters. The number of nitrogens with two attached hydrogens (primary N) is 1.